The SMILES string of the molecule is CNC(c1ccco1)C(C)c1ccccc1. The molecule has 2 unspecified atom stereocenters. The van der Waals surface area contributed by atoms with Crippen LogP contribution in [0.1, 0.15) is 30.2 Å². The Hall–Kier alpha value is -1.54. The molecule has 0 aliphatic rings. The van der Waals surface area contributed by atoms with Crippen LogP contribution in [0.15, 0.2) is 53.1 Å². The van der Waals surface area contributed by atoms with Crippen LogP contribution in [-0.2, 0) is 0 Å². The van der Waals surface area contributed by atoms with Gasteiger partial charge in [-0.05, 0) is 24.7 Å². The molecule has 2 aromatic rings. The van der Waals surface area contributed by atoms with Gasteiger partial charge in [-0.15, -0.1) is 0 Å². The summed E-state index contributed by atoms with van der Waals surface area (Å²) in [5, 5.41) is 3.31. The molecule has 84 valence electrons. The zero-order chi connectivity index (χ0) is 11.4. The zero-order valence-corrected chi connectivity index (χ0v) is 9.68. The van der Waals surface area contributed by atoms with Gasteiger partial charge in [0, 0.05) is 5.92 Å². The maximum absolute atomic E-state index is 5.47. The number of furan rings is 1. The van der Waals surface area contributed by atoms with Gasteiger partial charge < -0.3 is 9.73 Å². The van der Waals surface area contributed by atoms with Crippen molar-refractivity contribution in [1.82, 2.24) is 5.32 Å². The Balaban J connectivity index is 2.23. The van der Waals surface area contributed by atoms with Gasteiger partial charge >= 0.3 is 0 Å². The monoisotopic (exact) mass is 215 g/mol. The van der Waals surface area contributed by atoms with Crippen molar-refractivity contribution >= 4 is 0 Å². The molecule has 2 heteroatoms. The molecule has 2 nitrogen and oxygen atoms in total. The van der Waals surface area contributed by atoms with Crippen molar-refractivity contribution in [2.45, 2.75) is 18.9 Å². The lowest BCUT2D eigenvalue weighted by Crippen LogP contribution is -2.21. The summed E-state index contributed by atoms with van der Waals surface area (Å²) in [6, 6.07) is 14.6. The summed E-state index contributed by atoms with van der Waals surface area (Å²) in [4.78, 5) is 0. The molecule has 0 amide bonds. The lowest BCUT2D eigenvalue weighted by molar-refractivity contribution is 0.395. The first-order chi connectivity index (χ1) is 7.83. The average Bonchev–Trinajstić information content (AvgIpc) is 2.85. The molecule has 1 heterocycles. The number of benzene rings is 1. The number of nitrogens with one attached hydrogen (secondary N) is 1. The Morgan fingerprint density at radius 2 is 1.81 bits per heavy atom. The molecular weight excluding hydrogens is 198 g/mol. The van der Waals surface area contributed by atoms with Crippen LogP contribution in [0, 0.1) is 0 Å². The molecule has 16 heavy (non-hydrogen) atoms. The van der Waals surface area contributed by atoms with E-state index in [0.29, 0.717) is 5.92 Å². The number of hydrogen-bond donors (Lipinski definition) is 1. The summed E-state index contributed by atoms with van der Waals surface area (Å²) >= 11 is 0. The van der Waals surface area contributed by atoms with E-state index in [1.54, 1.807) is 6.26 Å². The molecule has 0 saturated carbocycles. The van der Waals surface area contributed by atoms with Gasteiger partial charge in [0.2, 0.25) is 0 Å². The maximum Gasteiger partial charge on any atom is 0.121 e. The van der Waals surface area contributed by atoms with E-state index in [1.165, 1.54) is 5.56 Å². The Kier molecular flexibility index (Phi) is 3.42. The second kappa shape index (κ2) is 4.99. The first kappa shape index (κ1) is 11.0. The van der Waals surface area contributed by atoms with Crippen LogP contribution >= 0.6 is 0 Å². The van der Waals surface area contributed by atoms with Crippen molar-refractivity contribution in [3.05, 3.63) is 60.1 Å². The van der Waals surface area contributed by atoms with E-state index in [1.807, 2.05) is 25.2 Å². The number of hydrogen-bond acceptors (Lipinski definition) is 2. The fraction of sp³-hybridized carbons (Fsp3) is 0.286. The van der Waals surface area contributed by atoms with Crippen LogP contribution < -0.4 is 5.32 Å². The molecule has 0 bridgehead atoms. The molecule has 0 saturated heterocycles. The van der Waals surface area contributed by atoms with Crippen molar-refractivity contribution in [3.63, 3.8) is 0 Å². The quantitative estimate of drug-likeness (QED) is 0.846. The van der Waals surface area contributed by atoms with Gasteiger partial charge in [0.25, 0.3) is 0 Å². The van der Waals surface area contributed by atoms with Crippen LogP contribution in [0.4, 0.5) is 0 Å². The Morgan fingerprint density at radius 1 is 1.06 bits per heavy atom. The predicted octanol–water partition coefficient (Wildman–Crippen LogP) is 3.34. The molecule has 1 aromatic carbocycles. The summed E-state index contributed by atoms with van der Waals surface area (Å²) in [7, 11) is 1.96. The summed E-state index contributed by atoms with van der Waals surface area (Å²) < 4.78 is 5.47. The smallest absolute Gasteiger partial charge is 0.121 e. The predicted molar refractivity (Wildman–Crippen MR) is 65.4 cm³/mol. The highest BCUT2D eigenvalue weighted by molar-refractivity contribution is 5.23. The third-order valence-corrected chi connectivity index (χ3v) is 2.99. The average molecular weight is 215 g/mol. The standard InChI is InChI=1S/C14H17NO/c1-11(12-7-4-3-5-8-12)14(15-2)13-9-6-10-16-13/h3-11,14-15H,1-2H3. The van der Waals surface area contributed by atoms with Crippen molar-refractivity contribution in [2.24, 2.45) is 0 Å². The van der Waals surface area contributed by atoms with E-state index >= 15 is 0 Å². The number of rotatable bonds is 4. The van der Waals surface area contributed by atoms with Crippen molar-refractivity contribution in [2.75, 3.05) is 7.05 Å². The van der Waals surface area contributed by atoms with E-state index in [2.05, 4.69) is 36.5 Å². The van der Waals surface area contributed by atoms with Crippen molar-refractivity contribution in [1.29, 1.82) is 0 Å². The van der Waals surface area contributed by atoms with Gasteiger partial charge in [-0.25, -0.2) is 0 Å². The molecule has 1 N–H and O–H groups in total. The maximum atomic E-state index is 5.47. The molecule has 1 aromatic heterocycles. The highest BCUT2D eigenvalue weighted by atomic mass is 16.3. The van der Waals surface area contributed by atoms with Gasteiger partial charge in [-0.1, -0.05) is 37.3 Å². The van der Waals surface area contributed by atoms with E-state index in [0.717, 1.165) is 5.76 Å². The van der Waals surface area contributed by atoms with Gasteiger partial charge in [0.05, 0.1) is 12.3 Å². The van der Waals surface area contributed by atoms with E-state index in [4.69, 9.17) is 4.42 Å². The summed E-state index contributed by atoms with van der Waals surface area (Å²) in [5.41, 5.74) is 1.32. The minimum atomic E-state index is 0.220. The Morgan fingerprint density at radius 3 is 2.38 bits per heavy atom. The largest absolute Gasteiger partial charge is 0.468 e. The first-order valence-electron chi connectivity index (χ1n) is 5.58. The van der Waals surface area contributed by atoms with E-state index in [-0.39, 0.29) is 6.04 Å². The van der Waals surface area contributed by atoms with Gasteiger partial charge in [-0.3, -0.25) is 0 Å². The van der Waals surface area contributed by atoms with Crippen LogP contribution in [-0.4, -0.2) is 7.05 Å². The second-order valence-corrected chi connectivity index (χ2v) is 3.98. The fourth-order valence-electron chi connectivity index (χ4n) is 2.06. The van der Waals surface area contributed by atoms with E-state index < -0.39 is 0 Å². The topological polar surface area (TPSA) is 25.2 Å². The molecule has 2 rings (SSSR count). The molecule has 0 spiro atoms. The number of likely N-dealkylation sites (N-methyl/N-ethyl adjacent to an activating group) is 1. The lowest BCUT2D eigenvalue weighted by Gasteiger charge is -2.21. The third kappa shape index (κ3) is 2.17. The van der Waals surface area contributed by atoms with Gasteiger partial charge in [-0.2, -0.15) is 0 Å². The Labute approximate surface area is 96.3 Å². The molecule has 0 aliphatic heterocycles. The first-order valence-corrected chi connectivity index (χ1v) is 5.58. The normalized spacial score (nSPS) is 14.6. The summed E-state index contributed by atoms with van der Waals surface area (Å²) in [5.74, 6) is 1.37. The van der Waals surface area contributed by atoms with Gasteiger partial charge in [0.1, 0.15) is 5.76 Å². The molecule has 0 aliphatic carbocycles. The fourth-order valence-corrected chi connectivity index (χ4v) is 2.06. The minimum absolute atomic E-state index is 0.220. The second-order valence-electron chi connectivity index (χ2n) is 3.98. The summed E-state index contributed by atoms with van der Waals surface area (Å²) in [6.45, 7) is 2.21. The third-order valence-electron chi connectivity index (χ3n) is 2.99. The Bertz CT molecular complexity index is 408. The highest BCUT2D eigenvalue weighted by Crippen LogP contribution is 2.30. The minimum Gasteiger partial charge on any atom is -0.468 e. The zero-order valence-electron chi connectivity index (χ0n) is 9.68. The van der Waals surface area contributed by atoms with E-state index in [9.17, 15) is 0 Å². The summed E-state index contributed by atoms with van der Waals surface area (Å²) in [6.07, 6.45) is 1.72. The molecule has 0 fully saturated rings. The molecule has 2 atom stereocenters. The van der Waals surface area contributed by atoms with Crippen LogP contribution in [0.3, 0.4) is 0 Å². The van der Waals surface area contributed by atoms with Crippen molar-refractivity contribution in [3.8, 4) is 0 Å². The highest BCUT2D eigenvalue weighted by Gasteiger charge is 2.20. The van der Waals surface area contributed by atoms with Gasteiger partial charge in [0.15, 0.2) is 0 Å². The van der Waals surface area contributed by atoms with Crippen LogP contribution in [0.5, 0.6) is 0 Å². The molecular formula is C14H17NO. The molecule has 0 radical (unpaired) electrons. The lowest BCUT2D eigenvalue weighted by atomic mass is 9.92. The van der Waals surface area contributed by atoms with Crippen molar-refractivity contribution < 1.29 is 4.42 Å². The van der Waals surface area contributed by atoms with Crippen LogP contribution in [0.25, 0.3) is 0 Å². The van der Waals surface area contributed by atoms with Crippen LogP contribution in [0.2, 0.25) is 0 Å².